The van der Waals surface area contributed by atoms with E-state index in [1.165, 1.54) is 29.2 Å². The van der Waals surface area contributed by atoms with Gasteiger partial charge in [-0.1, -0.05) is 42.5 Å². The average molecular weight is 381 g/mol. The van der Waals surface area contributed by atoms with Gasteiger partial charge in [0.2, 0.25) is 0 Å². The Morgan fingerprint density at radius 1 is 0.893 bits per heavy atom. The molecular formula is C21H17F2N3O2. The van der Waals surface area contributed by atoms with E-state index in [1.807, 2.05) is 30.3 Å². The van der Waals surface area contributed by atoms with Gasteiger partial charge in [-0.25, -0.2) is 13.8 Å². The van der Waals surface area contributed by atoms with Gasteiger partial charge in [-0.15, -0.1) is 0 Å². The summed E-state index contributed by atoms with van der Waals surface area (Å²) in [4.78, 5) is 30.4. The number of halogens is 2. The van der Waals surface area contributed by atoms with Gasteiger partial charge >= 0.3 is 0 Å². The lowest BCUT2D eigenvalue weighted by atomic mass is 10.2. The van der Waals surface area contributed by atoms with Gasteiger partial charge in [0.15, 0.2) is 0 Å². The fourth-order valence-corrected chi connectivity index (χ4v) is 2.60. The maximum absolute atomic E-state index is 13.7. The third kappa shape index (κ3) is 4.37. The number of pyridine rings is 1. The highest BCUT2D eigenvalue weighted by atomic mass is 19.1. The van der Waals surface area contributed by atoms with Gasteiger partial charge in [-0.2, -0.15) is 0 Å². The summed E-state index contributed by atoms with van der Waals surface area (Å²) in [5, 5.41) is 2.15. The number of rotatable bonds is 5. The molecule has 142 valence electrons. The molecule has 3 aromatic rings. The fourth-order valence-electron chi connectivity index (χ4n) is 2.60. The van der Waals surface area contributed by atoms with Crippen LogP contribution in [0.5, 0.6) is 0 Å². The quantitative estimate of drug-likeness (QED) is 0.730. The van der Waals surface area contributed by atoms with E-state index in [4.69, 9.17) is 0 Å². The number of nitrogens with zero attached hydrogens (tertiary/aromatic N) is 2. The van der Waals surface area contributed by atoms with Gasteiger partial charge in [0.25, 0.3) is 11.8 Å². The Morgan fingerprint density at radius 3 is 2.18 bits per heavy atom. The summed E-state index contributed by atoms with van der Waals surface area (Å²) < 4.78 is 27.4. The molecule has 1 N–H and O–H groups in total. The number of amides is 2. The molecule has 0 spiro atoms. The van der Waals surface area contributed by atoms with Crippen molar-refractivity contribution in [2.45, 2.75) is 6.54 Å². The number of benzene rings is 2. The molecule has 0 bridgehead atoms. The molecule has 0 unspecified atom stereocenters. The van der Waals surface area contributed by atoms with Crippen LogP contribution in [-0.4, -0.2) is 28.7 Å². The van der Waals surface area contributed by atoms with Crippen molar-refractivity contribution in [1.82, 2.24) is 9.88 Å². The number of hydrogen-bond donors (Lipinski definition) is 1. The van der Waals surface area contributed by atoms with Gasteiger partial charge in [-0.05, 0) is 29.8 Å². The molecular weight excluding hydrogens is 364 g/mol. The summed E-state index contributed by atoms with van der Waals surface area (Å²) in [6, 6.07) is 17.0. The zero-order chi connectivity index (χ0) is 20.1. The molecule has 0 saturated heterocycles. The summed E-state index contributed by atoms with van der Waals surface area (Å²) in [7, 11) is 1.62. The summed E-state index contributed by atoms with van der Waals surface area (Å²) >= 11 is 0. The van der Waals surface area contributed by atoms with E-state index in [0.29, 0.717) is 6.54 Å². The minimum absolute atomic E-state index is 0.0556. The van der Waals surface area contributed by atoms with Gasteiger partial charge in [0, 0.05) is 13.6 Å². The molecule has 2 amide bonds. The van der Waals surface area contributed by atoms with Crippen molar-refractivity contribution in [3.05, 3.63) is 95.3 Å². The molecule has 0 fully saturated rings. The predicted molar refractivity (Wildman–Crippen MR) is 101 cm³/mol. The molecule has 0 aliphatic heterocycles. The summed E-state index contributed by atoms with van der Waals surface area (Å²) in [6.45, 7) is 0.373. The van der Waals surface area contributed by atoms with Crippen LogP contribution >= 0.6 is 0 Å². The van der Waals surface area contributed by atoms with Crippen LogP contribution in [0, 0.1) is 11.6 Å². The zero-order valence-electron chi connectivity index (χ0n) is 15.0. The van der Waals surface area contributed by atoms with Crippen molar-refractivity contribution in [3.63, 3.8) is 0 Å². The lowest BCUT2D eigenvalue weighted by Crippen LogP contribution is -2.27. The maximum Gasteiger partial charge on any atom is 0.274 e. The molecule has 0 saturated carbocycles. The van der Waals surface area contributed by atoms with E-state index in [0.717, 1.165) is 17.7 Å². The average Bonchev–Trinajstić information content (AvgIpc) is 2.71. The number of nitrogens with one attached hydrogen (secondary N) is 1. The molecule has 7 heteroatoms. The summed E-state index contributed by atoms with van der Waals surface area (Å²) in [5.41, 5.74) is 0.316. The molecule has 5 nitrogen and oxygen atoms in total. The highest BCUT2D eigenvalue weighted by Gasteiger charge is 2.18. The Kier molecular flexibility index (Phi) is 5.74. The van der Waals surface area contributed by atoms with Crippen molar-refractivity contribution in [2.75, 3.05) is 12.4 Å². The van der Waals surface area contributed by atoms with E-state index in [9.17, 15) is 18.4 Å². The van der Waals surface area contributed by atoms with E-state index in [1.54, 1.807) is 7.05 Å². The van der Waals surface area contributed by atoms with Crippen LogP contribution in [0.3, 0.4) is 0 Å². The Hall–Kier alpha value is -3.61. The molecule has 0 aliphatic carbocycles. The molecule has 1 aromatic heterocycles. The van der Waals surface area contributed by atoms with E-state index >= 15 is 0 Å². The van der Waals surface area contributed by atoms with Crippen LogP contribution < -0.4 is 5.32 Å². The van der Waals surface area contributed by atoms with Crippen molar-refractivity contribution in [3.8, 4) is 0 Å². The first-order valence-corrected chi connectivity index (χ1v) is 8.47. The first kappa shape index (κ1) is 19.2. The second kappa shape index (κ2) is 8.39. The highest BCUT2D eigenvalue weighted by molar-refractivity contribution is 6.04. The Morgan fingerprint density at radius 2 is 1.50 bits per heavy atom. The molecule has 0 radical (unpaired) electrons. The topological polar surface area (TPSA) is 62.3 Å². The largest absolute Gasteiger partial charge is 0.336 e. The lowest BCUT2D eigenvalue weighted by molar-refractivity contribution is 0.0779. The van der Waals surface area contributed by atoms with Gasteiger partial charge < -0.3 is 10.2 Å². The van der Waals surface area contributed by atoms with Crippen LogP contribution in [-0.2, 0) is 6.54 Å². The first-order valence-electron chi connectivity index (χ1n) is 8.47. The second-order valence-corrected chi connectivity index (χ2v) is 6.11. The second-order valence-electron chi connectivity index (χ2n) is 6.11. The number of carbonyl (C=O) groups is 2. The number of aromatic nitrogens is 1. The number of para-hydroxylation sites is 1. The van der Waals surface area contributed by atoms with E-state index in [2.05, 4.69) is 10.3 Å². The van der Waals surface area contributed by atoms with Crippen molar-refractivity contribution >= 4 is 17.5 Å². The van der Waals surface area contributed by atoms with Crippen molar-refractivity contribution in [2.24, 2.45) is 0 Å². The Labute approximate surface area is 160 Å². The summed E-state index contributed by atoms with van der Waals surface area (Å²) in [6.07, 6.45) is 0. The minimum Gasteiger partial charge on any atom is -0.336 e. The van der Waals surface area contributed by atoms with Gasteiger partial charge in [0.05, 0.1) is 0 Å². The molecule has 28 heavy (non-hydrogen) atoms. The summed E-state index contributed by atoms with van der Waals surface area (Å²) in [5.74, 6) is -2.99. The normalized spacial score (nSPS) is 10.4. The number of anilines is 1. The number of carbonyl (C=O) groups excluding carboxylic acids is 2. The molecule has 0 atom stereocenters. The SMILES string of the molecule is CN(Cc1ccccc1)C(=O)c1cccc(C(=O)Nc2c(F)cccc2F)n1. The van der Waals surface area contributed by atoms with Gasteiger partial charge in [0.1, 0.15) is 28.7 Å². The third-order valence-corrected chi connectivity index (χ3v) is 4.01. The van der Waals surface area contributed by atoms with Crippen LogP contribution in [0.4, 0.5) is 14.5 Å². The molecule has 1 heterocycles. The Balaban J connectivity index is 1.76. The van der Waals surface area contributed by atoms with Crippen molar-refractivity contribution < 1.29 is 18.4 Å². The molecule has 2 aromatic carbocycles. The highest BCUT2D eigenvalue weighted by Crippen LogP contribution is 2.19. The van der Waals surface area contributed by atoms with Gasteiger partial charge in [-0.3, -0.25) is 9.59 Å². The standard InChI is InChI=1S/C21H17F2N3O2/c1-26(13-14-7-3-2-4-8-14)21(28)18-12-6-11-17(24-18)20(27)25-19-15(22)9-5-10-16(19)23/h2-12H,13H2,1H3,(H,25,27). The van der Waals surface area contributed by atoms with E-state index in [-0.39, 0.29) is 17.3 Å². The van der Waals surface area contributed by atoms with Crippen LogP contribution in [0.1, 0.15) is 26.5 Å². The first-order chi connectivity index (χ1) is 13.5. The fraction of sp³-hybridized carbons (Fsp3) is 0.0952. The van der Waals surface area contributed by atoms with Crippen molar-refractivity contribution in [1.29, 1.82) is 0 Å². The third-order valence-electron chi connectivity index (χ3n) is 4.01. The molecule has 3 rings (SSSR count). The predicted octanol–water partition coefficient (Wildman–Crippen LogP) is 3.88. The number of hydrogen-bond acceptors (Lipinski definition) is 3. The monoisotopic (exact) mass is 381 g/mol. The lowest BCUT2D eigenvalue weighted by Gasteiger charge is -2.17. The smallest absolute Gasteiger partial charge is 0.274 e. The van der Waals surface area contributed by atoms with Crippen LogP contribution in [0.2, 0.25) is 0 Å². The maximum atomic E-state index is 13.7. The zero-order valence-corrected chi connectivity index (χ0v) is 15.0. The van der Waals surface area contributed by atoms with E-state index < -0.39 is 23.2 Å². The Bertz CT molecular complexity index is 989. The minimum atomic E-state index is -0.900. The van der Waals surface area contributed by atoms with Crippen LogP contribution in [0.25, 0.3) is 0 Å². The molecule has 0 aliphatic rings. The van der Waals surface area contributed by atoms with Crippen LogP contribution in [0.15, 0.2) is 66.7 Å².